The number of hydrogen-bond acceptors (Lipinski definition) is 7. The van der Waals surface area contributed by atoms with E-state index < -0.39 is 23.8 Å². The molecular formula is C23H28N4O5. The van der Waals surface area contributed by atoms with Crippen LogP contribution in [-0.4, -0.2) is 83.9 Å². The summed E-state index contributed by atoms with van der Waals surface area (Å²) in [6.45, 7) is 5.20. The first kappa shape index (κ1) is 21.1. The Kier molecular flexibility index (Phi) is 5.46. The average Bonchev–Trinajstić information content (AvgIpc) is 3.01. The minimum absolute atomic E-state index is 0.113. The van der Waals surface area contributed by atoms with E-state index in [-0.39, 0.29) is 25.4 Å². The molecule has 0 bridgehead atoms. The molecule has 4 amide bonds. The van der Waals surface area contributed by atoms with Crippen molar-refractivity contribution in [3.05, 3.63) is 29.3 Å². The highest BCUT2D eigenvalue weighted by molar-refractivity contribution is 6.23. The van der Waals surface area contributed by atoms with Gasteiger partial charge in [0.15, 0.2) is 0 Å². The lowest BCUT2D eigenvalue weighted by atomic mass is 9.94. The Morgan fingerprint density at radius 1 is 0.938 bits per heavy atom. The molecule has 0 aromatic heterocycles. The van der Waals surface area contributed by atoms with Gasteiger partial charge >= 0.3 is 0 Å². The minimum Gasteiger partial charge on any atom is -0.396 e. The zero-order valence-corrected chi connectivity index (χ0v) is 18.0. The Morgan fingerprint density at radius 2 is 1.66 bits per heavy atom. The van der Waals surface area contributed by atoms with Crippen LogP contribution >= 0.6 is 0 Å². The molecule has 1 aromatic carbocycles. The molecule has 0 radical (unpaired) electrons. The normalized spacial score (nSPS) is 25.2. The summed E-state index contributed by atoms with van der Waals surface area (Å²) in [5.74, 6) is -0.911. The van der Waals surface area contributed by atoms with Crippen molar-refractivity contribution >= 4 is 29.3 Å². The van der Waals surface area contributed by atoms with E-state index in [1.807, 2.05) is 6.07 Å². The van der Waals surface area contributed by atoms with Crippen molar-refractivity contribution in [2.75, 3.05) is 44.2 Å². The number of carbonyl (C=O) groups is 4. The highest BCUT2D eigenvalue weighted by Gasteiger charge is 2.45. The molecule has 3 saturated heterocycles. The van der Waals surface area contributed by atoms with Crippen LogP contribution in [-0.2, 0) is 9.59 Å². The Balaban J connectivity index is 1.21. The smallest absolute Gasteiger partial charge is 0.262 e. The third-order valence-corrected chi connectivity index (χ3v) is 7.23. The molecule has 0 saturated carbocycles. The first-order chi connectivity index (χ1) is 15.4. The number of hydrogen-bond donors (Lipinski definition) is 2. The quantitative estimate of drug-likeness (QED) is 0.631. The number of aliphatic hydroxyl groups excluding tert-OH is 1. The van der Waals surface area contributed by atoms with Gasteiger partial charge in [0.2, 0.25) is 11.8 Å². The van der Waals surface area contributed by atoms with Gasteiger partial charge in [-0.1, -0.05) is 0 Å². The molecule has 1 atom stereocenters. The van der Waals surface area contributed by atoms with Crippen LogP contribution in [0.4, 0.5) is 5.69 Å². The molecule has 0 aliphatic carbocycles. The number of aliphatic hydroxyl groups is 1. The first-order valence-electron chi connectivity index (χ1n) is 11.4. The summed E-state index contributed by atoms with van der Waals surface area (Å²) < 4.78 is 0. The number of fused-ring (bicyclic) bond motifs is 1. The van der Waals surface area contributed by atoms with Crippen molar-refractivity contribution in [2.24, 2.45) is 11.8 Å². The van der Waals surface area contributed by atoms with Gasteiger partial charge in [0.25, 0.3) is 11.8 Å². The van der Waals surface area contributed by atoms with Gasteiger partial charge in [-0.15, -0.1) is 0 Å². The number of imide groups is 2. The lowest BCUT2D eigenvalue weighted by Gasteiger charge is -2.44. The molecule has 1 unspecified atom stereocenters. The summed E-state index contributed by atoms with van der Waals surface area (Å²) in [5, 5.41) is 11.5. The fourth-order valence-corrected chi connectivity index (χ4v) is 5.27. The van der Waals surface area contributed by atoms with Gasteiger partial charge in [0.05, 0.1) is 11.1 Å². The van der Waals surface area contributed by atoms with Gasteiger partial charge < -0.3 is 14.9 Å². The van der Waals surface area contributed by atoms with E-state index in [1.165, 1.54) is 0 Å². The predicted octanol–water partition coefficient (Wildman–Crippen LogP) is 0.228. The number of rotatable bonds is 5. The predicted molar refractivity (Wildman–Crippen MR) is 115 cm³/mol. The monoisotopic (exact) mass is 440 g/mol. The van der Waals surface area contributed by atoms with E-state index in [0.29, 0.717) is 23.0 Å². The molecule has 4 aliphatic rings. The summed E-state index contributed by atoms with van der Waals surface area (Å²) in [7, 11) is 0. The molecule has 9 nitrogen and oxygen atoms in total. The van der Waals surface area contributed by atoms with Crippen molar-refractivity contribution in [3.8, 4) is 0 Å². The summed E-state index contributed by atoms with van der Waals surface area (Å²) in [6.07, 6.45) is 2.38. The molecule has 2 N–H and O–H groups in total. The third-order valence-electron chi connectivity index (χ3n) is 7.23. The molecule has 4 heterocycles. The second-order valence-electron chi connectivity index (χ2n) is 9.37. The topological polar surface area (TPSA) is 110 Å². The molecule has 1 aromatic rings. The number of carbonyl (C=O) groups excluding carboxylic acids is 4. The number of anilines is 1. The Bertz CT molecular complexity index is 965. The fourth-order valence-electron chi connectivity index (χ4n) is 5.27. The molecule has 32 heavy (non-hydrogen) atoms. The first-order valence-corrected chi connectivity index (χ1v) is 11.4. The van der Waals surface area contributed by atoms with Crippen LogP contribution in [0.3, 0.4) is 0 Å². The van der Waals surface area contributed by atoms with E-state index in [1.54, 1.807) is 12.1 Å². The van der Waals surface area contributed by atoms with Crippen LogP contribution in [0.2, 0.25) is 0 Å². The van der Waals surface area contributed by atoms with Crippen LogP contribution in [0, 0.1) is 11.8 Å². The van der Waals surface area contributed by atoms with Crippen LogP contribution in [0.25, 0.3) is 0 Å². The van der Waals surface area contributed by atoms with E-state index in [0.717, 1.165) is 56.2 Å². The number of likely N-dealkylation sites (tertiary alicyclic amines) is 1. The summed E-state index contributed by atoms with van der Waals surface area (Å²) in [4.78, 5) is 55.1. The summed E-state index contributed by atoms with van der Waals surface area (Å²) in [5.41, 5.74) is 1.55. The van der Waals surface area contributed by atoms with Crippen LogP contribution in [0.15, 0.2) is 18.2 Å². The molecule has 3 fully saturated rings. The van der Waals surface area contributed by atoms with Crippen LogP contribution in [0.1, 0.15) is 46.4 Å². The molecular weight excluding hydrogens is 412 g/mol. The van der Waals surface area contributed by atoms with E-state index in [2.05, 4.69) is 15.1 Å². The number of nitrogens with zero attached hydrogens (tertiary/aromatic N) is 3. The fraction of sp³-hybridized carbons (Fsp3) is 0.565. The molecule has 0 spiro atoms. The van der Waals surface area contributed by atoms with E-state index in [9.17, 15) is 24.3 Å². The van der Waals surface area contributed by atoms with Crippen molar-refractivity contribution in [3.63, 3.8) is 0 Å². The highest BCUT2D eigenvalue weighted by atomic mass is 16.3. The lowest BCUT2D eigenvalue weighted by molar-refractivity contribution is -0.136. The Morgan fingerprint density at radius 3 is 2.34 bits per heavy atom. The second-order valence-corrected chi connectivity index (χ2v) is 9.37. The maximum atomic E-state index is 13.0. The Labute approximate surface area is 186 Å². The number of nitrogens with one attached hydrogen (secondary N) is 1. The standard InChI is InChI=1S/C23H28N4O5/c28-13-14-5-7-25(8-6-14)10-15-11-26(12-15)16-1-2-17-18(9-16)23(32)27(22(17)31)19-3-4-20(29)24-21(19)30/h1-2,9,14-15,19,28H,3-8,10-13H2,(H,24,29,30). The lowest BCUT2D eigenvalue weighted by Crippen LogP contribution is -2.54. The Hall–Kier alpha value is -2.78. The van der Waals surface area contributed by atoms with Gasteiger partial charge in [-0.25, -0.2) is 0 Å². The van der Waals surface area contributed by atoms with Crippen molar-refractivity contribution in [1.29, 1.82) is 0 Å². The van der Waals surface area contributed by atoms with Gasteiger partial charge in [-0.05, 0) is 56.5 Å². The number of piperidine rings is 2. The van der Waals surface area contributed by atoms with E-state index in [4.69, 9.17) is 0 Å². The van der Waals surface area contributed by atoms with Crippen LogP contribution in [0.5, 0.6) is 0 Å². The molecule has 170 valence electrons. The second kappa shape index (κ2) is 8.29. The summed E-state index contributed by atoms with van der Waals surface area (Å²) >= 11 is 0. The van der Waals surface area contributed by atoms with Crippen molar-refractivity contribution in [1.82, 2.24) is 15.1 Å². The largest absolute Gasteiger partial charge is 0.396 e. The maximum Gasteiger partial charge on any atom is 0.262 e. The zero-order chi connectivity index (χ0) is 22.4. The minimum atomic E-state index is -0.938. The third kappa shape index (κ3) is 3.69. The van der Waals surface area contributed by atoms with Crippen molar-refractivity contribution < 1.29 is 24.3 Å². The zero-order valence-electron chi connectivity index (χ0n) is 18.0. The molecule has 5 rings (SSSR count). The van der Waals surface area contributed by atoms with Crippen LogP contribution < -0.4 is 10.2 Å². The molecule has 4 aliphatic heterocycles. The average molecular weight is 441 g/mol. The van der Waals surface area contributed by atoms with Gasteiger partial charge in [0.1, 0.15) is 6.04 Å². The molecule has 9 heteroatoms. The number of benzene rings is 1. The highest BCUT2D eigenvalue weighted by Crippen LogP contribution is 2.33. The number of amides is 4. The van der Waals surface area contributed by atoms with Gasteiger partial charge in [-0.3, -0.25) is 29.4 Å². The van der Waals surface area contributed by atoms with Gasteiger partial charge in [0, 0.05) is 44.3 Å². The summed E-state index contributed by atoms with van der Waals surface area (Å²) in [6, 6.07) is 4.35. The SMILES string of the molecule is O=C1CCC(N2C(=O)c3ccc(N4CC(CN5CCC(CO)CC5)C4)cc3C2=O)C(=O)N1. The van der Waals surface area contributed by atoms with E-state index >= 15 is 0 Å². The van der Waals surface area contributed by atoms with Crippen molar-refractivity contribution in [2.45, 2.75) is 31.7 Å². The maximum absolute atomic E-state index is 13.0. The van der Waals surface area contributed by atoms with Gasteiger partial charge in [-0.2, -0.15) is 0 Å².